The lowest BCUT2D eigenvalue weighted by Crippen LogP contribution is -2.14. The zero-order chi connectivity index (χ0) is 23.3. The molecule has 1 amide bonds. The van der Waals surface area contributed by atoms with Gasteiger partial charge >= 0.3 is 14.9 Å². The Morgan fingerprint density at radius 1 is 1.03 bits per heavy atom. The summed E-state index contributed by atoms with van der Waals surface area (Å²) in [6.07, 6.45) is -4.65. The second-order valence-corrected chi connectivity index (χ2v) is 7.13. The molecule has 10 heteroatoms. The SMILES string of the molecule is Cc1cc(F)ccc1Oc1cc(C(F)(F)F)ccc1C(=O)Nc1cccc(COP=O)c1. The summed E-state index contributed by atoms with van der Waals surface area (Å²) in [7, 11) is -0.494. The van der Waals surface area contributed by atoms with Gasteiger partial charge in [-0.05, 0) is 66.6 Å². The number of carbonyl (C=O) groups excluding carboxylic acids is 1. The van der Waals surface area contributed by atoms with Crippen molar-refractivity contribution in [2.75, 3.05) is 5.32 Å². The Bertz CT molecular complexity index is 1150. The van der Waals surface area contributed by atoms with E-state index in [0.29, 0.717) is 16.8 Å². The van der Waals surface area contributed by atoms with E-state index < -0.39 is 32.2 Å². The number of aryl methyl sites for hydroxylation is 1. The van der Waals surface area contributed by atoms with Crippen LogP contribution in [0, 0.1) is 12.7 Å². The fourth-order valence-electron chi connectivity index (χ4n) is 2.85. The van der Waals surface area contributed by atoms with Crippen molar-refractivity contribution in [3.05, 3.63) is 88.7 Å². The monoisotopic (exact) mass is 465 g/mol. The lowest BCUT2D eigenvalue weighted by atomic mass is 10.1. The van der Waals surface area contributed by atoms with E-state index >= 15 is 0 Å². The minimum absolute atomic E-state index is 0.0350. The maximum absolute atomic E-state index is 13.4. The molecular weight excluding hydrogens is 449 g/mol. The molecule has 0 heterocycles. The number of rotatable bonds is 7. The molecule has 1 N–H and O–H groups in total. The third kappa shape index (κ3) is 5.90. The summed E-state index contributed by atoms with van der Waals surface area (Å²) in [4.78, 5) is 12.8. The Morgan fingerprint density at radius 3 is 2.50 bits per heavy atom. The molecular formula is C22H16F4NO4P. The molecule has 3 aromatic rings. The number of amides is 1. The van der Waals surface area contributed by atoms with E-state index in [2.05, 4.69) is 5.32 Å². The molecule has 3 aromatic carbocycles. The lowest BCUT2D eigenvalue weighted by Gasteiger charge is -2.16. The Hall–Kier alpha value is -3.29. The molecule has 0 aliphatic heterocycles. The van der Waals surface area contributed by atoms with Crippen molar-refractivity contribution in [1.29, 1.82) is 0 Å². The number of nitrogens with one attached hydrogen (secondary N) is 1. The fraction of sp³-hybridized carbons (Fsp3) is 0.136. The summed E-state index contributed by atoms with van der Waals surface area (Å²) in [6, 6.07) is 12.5. The fourth-order valence-corrected chi connectivity index (χ4v) is 3.06. The average Bonchev–Trinajstić information content (AvgIpc) is 2.73. The van der Waals surface area contributed by atoms with E-state index in [-0.39, 0.29) is 23.7 Å². The van der Waals surface area contributed by atoms with Gasteiger partial charge in [-0.1, -0.05) is 12.1 Å². The summed E-state index contributed by atoms with van der Waals surface area (Å²) >= 11 is 0. The molecule has 0 atom stereocenters. The van der Waals surface area contributed by atoms with Crippen molar-refractivity contribution in [3.63, 3.8) is 0 Å². The second kappa shape index (κ2) is 9.89. The first-order valence-corrected chi connectivity index (χ1v) is 9.90. The minimum atomic E-state index is -4.65. The summed E-state index contributed by atoms with van der Waals surface area (Å²) in [5.41, 5.74) is 0.166. The molecule has 3 rings (SSSR count). The number of hydrogen-bond donors (Lipinski definition) is 1. The number of alkyl halides is 3. The maximum atomic E-state index is 13.4. The molecule has 0 saturated heterocycles. The number of halogens is 4. The highest BCUT2D eigenvalue weighted by Gasteiger charge is 2.32. The van der Waals surface area contributed by atoms with Crippen LogP contribution in [-0.2, 0) is 21.9 Å². The van der Waals surface area contributed by atoms with Crippen LogP contribution >= 0.6 is 8.69 Å². The molecule has 0 spiro atoms. The van der Waals surface area contributed by atoms with Gasteiger partial charge in [0.1, 0.15) is 17.3 Å². The molecule has 0 aromatic heterocycles. The number of anilines is 1. The quantitative estimate of drug-likeness (QED) is 0.304. The summed E-state index contributed by atoms with van der Waals surface area (Å²) < 4.78 is 73.8. The first-order chi connectivity index (χ1) is 15.2. The van der Waals surface area contributed by atoms with Gasteiger partial charge in [0, 0.05) is 5.69 Å². The highest BCUT2D eigenvalue weighted by atomic mass is 31.1. The van der Waals surface area contributed by atoms with Crippen molar-refractivity contribution < 1.29 is 36.2 Å². The average molecular weight is 465 g/mol. The van der Waals surface area contributed by atoms with Gasteiger partial charge in [-0.15, -0.1) is 0 Å². The van der Waals surface area contributed by atoms with Crippen LogP contribution in [0.4, 0.5) is 23.2 Å². The highest BCUT2D eigenvalue weighted by molar-refractivity contribution is 7.17. The third-order valence-electron chi connectivity index (χ3n) is 4.38. The minimum Gasteiger partial charge on any atom is -0.456 e. The first kappa shape index (κ1) is 23.4. The van der Waals surface area contributed by atoms with E-state index in [1.165, 1.54) is 13.0 Å². The van der Waals surface area contributed by atoms with Crippen LogP contribution in [0.25, 0.3) is 0 Å². The van der Waals surface area contributed by atoms with E-state index in [0.717, 1.165) is 30.3 Å². The van der Waals surface area contributed by atoms with Gasteiger partial charge in [-0.2, -0.15) is 13.2 Å². The number of hydrogen-bond acceptors (Lipinski definition) is 4. The van der Waals surface area contributed by atoms with Gasteiger partial charge in [0.2, 0.25) is 0 Å². The van der Waals surface area contributed by atoms with Gasteiger partial charge in [0.15, 0.2) is 0 Å². The van der Waals surface area contributed by atoms with E-state index in [9.17, 15) is 26.9 Å². The van der Waals surface area contributed by atoms with Gasteiger partial charge < -0.3 is 10.1 Å². The molecule has 0 aliphatic rings. The van der Waals surface area contributed by atoms with Gasteiger partial charge in [-0.25, -0.2) is 8.96 Å². The van der Waals surface area contributed by atoms with Crippen molar-refractivity contribution >= 4 is 20.3 Å². The third-order valence-corrected chi connectivity index (χ3v) is 4.61. The molecule has 0 radical (unpaired) electrons. The summed E-state index contributed by atoms with van der Waals surface area (Å²) in [5.74, 6) is -1.47. The smallest absolute Gasteiger partial charge is 0.416 e. The van der Waals surface area contributed by atoms with Crippen molar-refractivity contribution in [1.82, 2.24) is 0 Å². The van der Waals surface area contributed by atoms with Crippen LogP contribution in [0.3, 0.4) is 0 Å². The standard InChI is InChI=1S/C22H16F4NO4P/c1-13-9-16(23)6-8-19(13)31-20-11-15(22(24,25)26)5-7-18(20)21(28)27-17-4-2-3-14(10-17)12-30-32-29/h2-11H,12H2,1H3,(H,27,28). The normalized spacial score (nSPS) is 11.4. The molecule has 0 saturated carbocycles. The molecule has 0 aliphatic carbocycles. The lowest BCUT2D eigenvalue weighted by molar-refractivity contribution is -0.137. The maximum Gasteiger partial charge on any atom is 0.416 e. The van der Waals surface area contributed by atoms with Crippen LogP contribution in [0.5, 0.6) is 11.5 Å². The molecule has 0 fully saturated rings. The van der Waals surface area contributed by atoms with Crippen LogP contribution < -0.4 is 10.1 Å². The van der Waals surface area contributed by atoms with Gasteiger partial charge in [0.05, 0.1) is 17.7 Å². The Labute approximate surface area is 182 Å². The Kier molecular flexibility index (Phi) is 7.22. The van der Waals surface area contributed by atoms with Crippen molar-refractivity contribution in [3.8, 4) is 11.5 Å². The Morgan fingerprint density at radius 2 is 1.81 bits per heavy atom. The summed E-state index contributed by atoms with van der Waals surface area (Å²) in [6.45, 7) is 1.56. The largest absolute Gasteiger partial charge is 0.456 e. The second-order valence-electron chi connectivity index (χ2n) is 6.72. The summed E-state index contributed by atoms with van der Waals surface area (Å²) in [5, 5.41) is 2.59. The van der Waals surface area contributed by atoms with Gasteiger partial charge in [-0.3, -0.25) is 9.32 Å². The highest BCUT2D eigenvalue weighted by Crippen LogP contribution is 2.36. The first-order valence-electron chi connectivity index (χ1n) is 9.17. The van der Waals surface area contributed by atoms with Crippen LogP contribution in [0.1, 0.15) is 27.0 Å². The predicted octanol–water partition coefficient (Wildman–Crippen LogP) is 6.92. The number of ether oxygens (including phenoxy) is 1. The molecule has 32 heavy (non-hydrogen) atoms. The van der Waals surface area contributed by atoms with Crippen molar-refractivity contribution in [2.24, 2.45) is 0 Å². The van der Waals surface area contributed by atoms with E-state index in [1.54, 1.807) is 24.3 Å². The van der Waals surface area contributed by atoms with E-state index in [4.69, 9.17) is 9.26 Å². The zero-order valence-corrected chi connectivity index (χ0v) is 17.5. The van der Waals surface area contributed by atoms with Crippen molar-refractivity contribution in [2.45, 2.75) is 19.7 Å². The van der Waals surface area contributed by atoms with Crippen LogP contribution in [-0.4, -0.2) is 5.91 Å². The molecule has 0 bridgehead atoms. The number of carbonyl (C=O) groups is 1. The topological polar surface area (TPSA) is 64.6 Å². The zero-order valence-electron chi connectivity index (χ0n) is 16.6. The Balaban J connectivity index is 1.94. The molecule has 166 valence electrons. The van der Waals surface area contributed by atoms with E-state index in [1.807, 2.05) is 0 Å². The van der Waals surface area contributed by atoms with Crippen LogP contribution in [0.2, 0.25) is 0 Å². The van der Waals surface area contributed by atoms with Crippen LogP contribution in [0.15, 0.2) is 60.7 Å². The predicted molar refractivity (Wildman–Crippen MR) is 109 cm³/mol. The number of benzene rings is 3. The molecule has 0 unspecified atom stereocenters. The van der Waals surface area contributed by atoms with Gasteiger partial charge in [0.25, 0.3) is 5.91 Å². The molecule has 5 nitrogen and oxygen atoms in total.